The van der Waals surface area contributed by atoms with Crippen LogP contribution >= 0.6 is 0 Å². The lowest BCUT2D eigenvalue weighted by Crippen LogP contribution is -2.35. The molecular weight excluding hydrogens is 586 g/mol. The number of aromatic nitrogens is 1. The average Bonchev–Trinajstić information content (AvgIpc) is 3.06. The molecule has 0 saturated carbocycles. The molecule has 2 aliphatic heterocycles. The predicted molar refractivity (Wildman–Crippen MR) is 175 cm³/mol. The van der Waals surface area contributed by atoms with Crippen LogP contribution in [0.4, 0.5) is 0 Å². The molecular formula is C36H53N3O7. The Balaban J connectivity index is 1.53. The Kier molecular flexibility index (Phi) is 16.9. The molecule has 0 radical (unpaired) electrons. The number of ether oxygens (including phenoxy) is 5. The SMILES string of the molecule is O=C1CCCCCCCCCCC(=O)N2CCOCCOCCOCCN1Cc1cc(OCCOCc3ccccc3)cc(n1)C2. The molecule has 4 bridgehead atoms. The fourth-order valence-electron chi connectivity index (χ4n) is 5.64. The summed E-state index contributed by atoms with van der Waals surface area (Å²) in [5.41, 5.74) is 2.55. The number of pyridine rings is 1. The van der Waals surface area contributed by atoms with E-state index in [0.29, 0.717) is 104 Å². The van der Waals surface area contributed by atoms with E-state index in [-0.39, 0.29) is 11.8 Å². The van der Waals surface area contributed by atoms with Crippen LogP contribution in [0.15, 0.2) is 42.5 Å². The average molecular weight is 640 g/mol. The van der Waals surface area contributed by atoms with Crippen LogP contribution in [0.25, 0.3) is 0 Å². The van der Waals surface area contributed by atoms with E-state index in [9.17, 15) is 9.59 Å². The van der Waals surface area contributed by atoms with Gasteiger partial charge in [-0.05, 0) is 18.4 Å². The summed E-state index contributed by atoms with van der Waals surface area (Å²) >= 11 is 0. The second-order valence-corrected chi connectivity index (χ2v) is 12.0. The Hall–Kier alpha value is -3.05. The first-order valence-electron chi connectivity index (χ1n) is 17.2. The highest BCUT2D eigenvalue weighted by Crippen LogP contribution is 2.20. The molecule has 0 aliphatic carbocycles. The van der Waals surface area contributed by atoms with E-state index >= 15 is 0 Å². The monoisotopic (exact) mass is 639 g/mol. The second kappa shape index (κ2) is 21.7. The Morgan fingerprint density at radius 3 is 1.67 bits per heavy atom. The van der Waals surface area contributed by atoms with Crippen LogP contribution in [0.5, 0.6) is 5.75 Å². The van der Waals surface area contributed by atoms with E-state index in [0.717, 1.165) is 55.5 Å². The summed E-state index contributed by atoms with van der Waals surface area (Å²) in [5, 5.41) is 0. The van der Waals surface area contributed by atoms with Crippen LogP contribution in [-0.2, 0) is 48.2 Å². The minimum Gasteiger partial charge on any atom is -0.491 e. The van der Waals surface area contributed by atoms with E-state index in [2.05, 4.69) is 0 Å². The molecule has 2 amide bonds. The number of fused-ring (bicyclic) bond motifs is 2. The van der Waals surface area contributed by atoms with Gasteiger partial charge in [0.1, 0.15) is 12.4 Å². The quantitative estimate of drug-likeness (QED) is 0.392. The molecule has 0 spiro atoms. The number of rotatable bonds is 6. The molecule has 0 atom stereocenters. The lowest BCUT2D eigenvalue weighted by atomic mass is 10.1. The van der Waals surface area contributed by atoms with Gasteiger partial charge in [0.05, 0.1) is 77.3 Å². The Labute approximate surface area is 274 Å². The zero-order valence-corrected chi connectivity index (χ0v) is 27.5. The van der Waals surface area contributed by atoms with Crippen LogP contribution < -0.4 is 4.74 Å². The van der Waals surface area contributed by atoms with Crippen molar-refractivity contribution in [3.05, 3.63) is 59.4 Å². The number of nitrogens with zero attached hydrogens (tertiary/aromatic N) is 3. The van der Waals surface area contributed by atoms with Crippen molar-refractivity contribution in [1.29, 1.82) is 0 Å². The first-order valence-corrected chi connectivity index (χ1v) is 17.2. The summed E-state index contributed by atoms with van der Waals surface area (Å²) in [6.45, 7) is 5.54. The molecule has 10 heteroatoms. The molecule has 2 aromatic rings. The van der Waals surface area contributed by atoms with Crippen LogP contribution in [0.1, 0.15) is 81.2 Å². The van der Waals surface area contributed by atoms with Gasteiger partial charge in [-0.1, -0.05) is 68.9 Å². The van der Waals surface area contributed by atoms with Gasteiger partial charge in [-0.3, -0.25) is 14.6 Å². The van der Waals surface area contributed by atoms with Crippen molar-refractivity contribution in [2.24, 2.45) is 0 Å². The molecule has 46 heavy (non-hydrogen) atoms. The highest BCUT2D eigenvalue weighted by molar-refractivity contribution is 5.76. The van der Waals surface area contributed by atoms with Crippen LogP contribution in [0.2, 0.25) is 0 Å². The van der Waals surface area contributed by atoms with Crippen LogP contribution in [0, 0.1) is 0 Å². The molecule has 0 N–H and O–H groups in total. The first kappa shape index (κ1) is 35.8. The second-order valence-electron chi connectivity index (χ2n) is 12.0. The molecule has 0 saturated heterocycles. The van der Waals surface area contributed by atoms with Gasteiger partial charge in [0, 0.05) is 38.1 Å². The lowest BCUT2D eigenvalue weighted by Gasteiger charge is -2.25. The summed E-state index contributed by atoms with van der Waals surface area (Å²) in [6, 6.07) is 13.8. The molecule has 0 unspecified atom stereocenters. The van der Waals surface area contributed by atoms with E-state index in [1.165, 1.54) is 12.8 Å². The van der Waals surface area contributed by atoms with E-state index in [1.807, 2.05) is 52.3 Å². The zero-order valence-electron chi connectivity index (χ0n) is 27.5. The summed E-state index contributed by atoms with van der Waals surface area (Å²) in [4.78, 5) is 35.5. The third-order valence-electron chi connectivity index (χ3n) is 8.21. The maximum absolute atomic E-state index is 13.5. The molecule has 4 rings (SSSR count). The van der Waals surface area contributed by atoms with Crippen molar-refractivity contribution in [3.63, 3.8) is 0 Å². The maximum Gasteiger partial charge on any atom is 0.222 e. The summed E-state index contributed by atoms with van der Waals surface area (Å²) in [5.74, 6) is 0.850. The highest BCUT2D eigenvalue weighted by atomic mass is 16.5. The largest absolute Gasteiger partial charge is 0.491 e. The van der Waals surface area contributed by atoms with Crippen molar-refractivity contribution in [3.8, 4) is 5.75 Å². The fourth-order valence-corrected chi connectivity index (χ4v) is 5.64. The summed E-state index contributed by atoms with van der Waals surface area (Å²) in [6.07, 6.45) is 9.44. The number of benzene rings is 1. The smallest absolute Gasteiger partial charge is 0.222 e. The van der Waals surface area contributed by atoms with Gasteiger partial charge in [0.25, 0.3) is 0 Å². The topological polar surface area (TPSA) is 99.7 Å². The molecule has 254 valence electrons. The van der Waals surface area contributed by atoms with Gasteiger partial charge in [-0.2, -0.15) is 0 Å². The highest BCUT2D eigenvalue weighted by Gasteiger charge is 2.19. The van der Waals surface area contributed by atoms with Gasteiger partial charge in [-0.15, -0.1) is 0 Å². The van der Waals surface area contributed by atoms with Gasteiger partial charge in [-0.25, -0.2) is 0 Å². The van der Waals surface area contributed by atoms with Crippen molar-refractivity contribution in [1.82, 2.24) is 14.8 Å². The third kappa shape index (κ3) is 14.2. The fraction of sp³-hybridized carbons (Fsp3) is 0.639. The molecule has 10 nitrogen and oxygen atoms in total. The molecule has 1 aromatic heterocycles. The van der Waals surface area contributed by atoms with Crippen molar-refractivity contribution in [2.75, 3.05) is 65.9 Å². The maximum atomic E-state index is 13.5. The Morgan fingerprint density at radius 2 is 1.13 bits per heavy atom. The molecule has 1 aromatic carbocycles. The van der Waals surface area contributed by atoms with E-state index < -0.39 is 0 Å². The standard InChI is InChI=1S/C36H53N3O7/c40-35-14-10-5-3-1-2-4-6-11-15-36(41)39-17-19-43-21-23-44-22-20-42-18-16-38(35)28-32-26-34(27-33(29-39)37-32)46-25-24-45-30-31-12-8-7-9-13-31/h7-9,12-13,26-27H,1-6,10-11,14-25,28-30H2. The Bertz CT molecular complexity index is 1090. The number of hydrogen-bond donors (Lipinski definition) is 0. The summed E-state index contributed by atoms with van der Waals surface area (Å²) in [7, 11) is 0. The van der Waals surface area contributed by atoms with Crippen LogP contribution in [0.3, 0.4) is 0 Å². The van der Waals surface area contributed by atoms with Crippen molar-refractivity contribution in [2.45, 2.75) is 83.9 Å². The van der Waals surface area contributed by atoms with E-state index in [4.69, 9.17) is 28.7 Å². The molecule has 2 aliphatic rings. The van der Waals surface area contributed by atoms with Gasteiger partial charge >= 0.3 is 0 Å². The number of hydrogen-bond acceptors (Lipinski definition) is 8. The normalized spacial score (nSPS) is 19.4. The predicted octanol–water partition coefficient (Wildman–Crippen LogP) is 5.31. The number of carbonyl (C=O) groups is 2. The van der Waals surface area contributed by atoms with Gasteiger partial charge in [0.2, 0.25) is 11.8 Å². The first-order chi connectivity index (χ1) is 22.7. The minimum absolute atomic E-state index is 0.102. The van der Waals surface area contributed by atoms with E-state index in [1.54, 1.807) is 0 Å². The van der Waals surface area contributed by atoms with Gasteiger partial charge < -0.3 is 33.5 Å². The zero-order chi connectivity index (χ0) is 32.1. The van der Waals surface area contributed by atoms with Crippen molar-refractivity contribution < 1.29 is 33.3 Å². The molecule has 3 heterocycles. The summed E-state index contributed by atoms with van der Waals surface area (Å²) < 4.78 is 29.3. The minimum atomic E-state index is 0.102. The van der Waals surface area contributed by atoms with Gasteiger partial charge in [0.15, 0.2) is 0 Å². The lowest BCUT2D eigenvalue weighted by molar-refractivity contribution is -0.133. The number of amides is 2. The van der Waals surface area contributed by atoms with Crippen molar-refractivity contribution >= 4 is 11.8 Å². The number of carbonyl (C=O) groups excluding carboxylic acids is 2. The molecule has 0 fully saturated rings. The van der Waals surface area contributed by atoms with Crippen LogP contribution in [-0.4, -0.2) is 92.5 Å². The third-order valence-corrected chi connectivity index (χ3v) is 8.21. The Morgan fingerprint density at radius 1 is 0.630 bits per heavy atom.